The number of methoxy groups -OCH3 is 1. The van der Waals surface area contributed by atoms with Gasteiger partial charge in [0.2, 0.25) is 5.76 Å². The smallest absolute Gasteiger partial charge is 0.377 e. The van der Waals surface area contributed by atoms with Gasteiger partial charge in [0, 0.05) is 0 Å². The first-order valence-corrected chi connectivity index (χ1v) is 7.35. The Bertz CT molecular complexity index is 586. The lowest BCUT2D eigenvalue weighted by atomic mass is 10.0. The lowest BCUT2D eigenvalue weighted by molar-refractivity contribution is -0.138. The van der Waals surface area contributed by atoms with Crippen molar-refractivity contribution in [3.63, 3.8) is 0 Å². The third-order valence-electron chi connectivity index (χ3n) is 4.43. The Balaban J connectivity index is 1.76. The van der Waals surface area contributed by atoms with Gasteiger partial charge in [0.1, 0.15) is 12.0 Å². The van der Waals surface area contributed by atoms with Crippen LogP contribution >= 0.6 is 0 Å². The summed E-state index contributed by atoms with van der Waals surface area (Å²) in [4.78, 5) is 11.5. The summed E-state index contributed by atoms with van der Waals surface area (Å²) in [5.41, 5.74) is 2.18. The fourth-order valence-corrected chi connectivity index (χ4v) is 2.94. The summed E-state index contributed by atoms with van der Waals surface area (Å²) in [7, 11) is 1.25. The zero-order chi connectivity index (χ0) is 15.0. The number of aliphatic hydroxyl groups is 1. The highest BCUT2D eigenvalue weighted by molar-refractivity contribution is 5.86. The Hall–Kier alpha value is -1.97. The van der Waals surface area contributed by atoms with Crippen LogP contribution in [0.3, 0.4) is 0 Å². The zero-order valence-electron chi connectivity index (χ0n) is 12.3. The van der Waals surface area contributed by atoms with Gasteiger partial charge in [-0.05, 0) is 61.1 Å². The number of carbonyl (C=O) groups excluding carboxylic acids is 1. The molecule has 2 atom stereocenters. The number of rotatable bonds is 5. The van der Waals surface area contributed by atoms with Gasteiger partial charge in [-0.2, -0.15) is 0 Å². The number of carbonyl (C=O) groups is 1. The first-order chi connectivity index (χ1) is 10.1. The largest absolute Gasteiger partial charge is 0.511 e. The SMILES string of the molecule is COC(=O)/C(=C/O)Oc1cc(C2CC2C2CC2)ccc1C. The summed E-state index contributed by atoms with van der Waals surface area (Å²) in [6.07, 6.45) is 4.64. The van der Waals surface area contributed by atoms with Crippen molar-refractivity contribution in [2.24, 2.45) is 11.8 Å². The average molecular weight is 288 g/mol. The number of hydrogen-bond donors (Lipinski definition) is 1. The molecule has 1 aromatic rings. The Morgan fingerprint density at radius 3 is 2.76 bits per heavy atom. The Kier molecular flexibility index (Phi) is 3.62. The first-order valence-electron chi connectivity index (χ1n) is 7.35. The van der Waals surface area contributed by atoms with Crippen molar-refractivity contribution < 1.29 is 19.4 Å². The van der Waals surface area contributed by atoms with Crippen LogP contribution in [0.4, 0.5) is 0 Å². The molecule has 0 heterocycles. The molecule has 2 saturated carbocycles. The summed E-state index contributed by atoms with van der Waals surface area (Å²) >= 11 is 0. The summed E-state index contributed by atoms with van der Waals surface area (Å²) in [5.74, 6) is 2.08. The summed E-state index contributed by atoms with van der Waals surface area (Å²) in [5, 5.41) is 9.11. The molecule has 3 rings (SSSR count). The Morgan fingerprint density at radius 1 is 1.38 bits per heavy atom. The third kappa shape index (κ3) is 2.89. The van der Waals surface area contributed by atoms with Crippen LogP contribution in [0.25, 0.3) is 0 Å². The molecular weight excluding hydrogens is 268 g/mol. The highest BCUT2D eigenvalue weighted by atomic mass is 16.6. The molecular formula is C17H20O4. The van der Waals surface area contributed by atoms with E-state index in [1.54, 1.807) is 0 Å². The number of aryl methyl sites for hydroxylation is 1. The molecule has 1 aromatic carbocycles. The van der Waals surface area contributed by atoms with E-state index in [4.69, 9.17) is 9.84 Å². The van der Waals surface area contributed by atoms with E-state index in [-0.39, 0.29) is 5.76 Å². The monoisotopic (exact) mass is 288 g/mol. The number of ether oxygens (including phenoxy) is 2. The van der Waals surface area contributed by atoms with E-state index in [1.165, 1.54) is 31.9 Å². The number of hydrogen-bond acceptors (Lipinski definition) is 4. The van der Waals surface area contributed by atoms with Crippen LogP contribution in [-0.4, -0.2) is 18.2 Å². The van der Waals surface area contributed by atoms with Crippen LogP contribution in [0.1, 0.15) is 36.3 Å². The zero-order valence-corrected chi connectivity index (χ0v) is 12.3. The minimum Gasteiger partial charge on any atom is -0.511 e. The summed E-state index contributed by atoms with van der Waals surface area (Å²) in [6.45, 7) is 1.91. The van der Waals surface area contributed by atoms with Crippen molar-refractivity contribution in [2.75, 3.05) is 7.11 Å². The topological polar surface area (TPSA) is 55.8 Å². The second-order valence-corrected chi connectivity index (χ2v) is 5.96. The van der Waals surface area contributed by atoms with E-state index in [0.717, 1.165) is 17.4 Å². The van der Waals surface area contributed by atoms with Gasteiger partial charge in [-0.15, -0.1) is 0 Å². The standard InChI is InChI=1S/C17H20O4/c1-10-3-4-12(14-8-13(14)11-5-6-11)7-15(10)21-16(9-18)17(19)20-2/h3-4,7,9,11,13-14,18H,5-6,8H2,1-2H3/b16-9-. The van der Waals surface area contributed by atoms with E-state index >= 15 is 0 Å². The molecule has 4 nitrogen and oxygen atoms in total. The molecule has 2 unspecified atom stereocenters. The maximum Gasteiger partial charge on any atom is 0.377 e. The van der Waals surface area contributed by atoms with E-state index in [1.807, 2.05) is 19.1 Å². The van der Waals surface area contributed by atoms with Crippen LogP contribution in [0.5, 0.6) is 5.75 Å². The molecule has 112 valence electrons. The number of aliphatic hydroxyl groups excluding tert-OH is 1. The van der Waals surface area contributed by atoms with Crippen LogP contribution in [0, 0.1) is 18.8 Å². The van der Waals surface area contributed by atoms with Gasteiger partial charge >= 0.3 is 5.97 Å². The van der Waals surface area contributed by atoms with Gasteiger partial charge < -0.3 is 14.6 Å². The second kappa shape index (κ2) is 5.43. The van der Waals surface area contributed by atoms with Gasteiger partial charge in [0.25, 0.3) is 0 Å². The van der Waals surface area contributed by atoms with Crippen molar-refractivity contribution in [3.8, 4) is 5.75 Å². The second-order valence-electron chi connectivity index (χ2n) is 5.96. The van der Waals surface area contributed by atoms with Crippen LogP contribution in [0.15, 0.2) is 30.2 Å². The fourth-order valence-electron chi connectivity index (χ4n) is 2.94. The molecule has 2 aliphatic carbocycles. The molecule has 0 radical (unpaired) electrons. The van der Waals surface area contributed by atoms with Crippen LogP contribution in [0.2, 0.25) is 0 Å². The molecule has 1 N–H and O–H groups in total. The number of esters is 1. The van der Waals surface area contributed by atoms with Crippen molar-refractivity contribution in [3.05, 3.63) is 41.3 Å². The molecule has 2 aliphatic rings. The minimum absolute atomic E-state index is 0.202. The predicted octanol–water partition coefficient (Wildman–Crippen LogP) is 3.46. The quantitative estimate of drug-likeness (QED) is 0.512. The molecule has 0 aliphatic heterocycles. The van der Waals surface area contributed by atoms with Gasteiger partial charge in [0.05, 0.1) is 7.11 Å². The molecule has 0 amide bonds. The van der Waals surface area contributed by atoms with Crippen molar-refractivity contribution in [1.82, 2.24) is 0 Å². The maximum absolute atomic E-state index is 11.5. The first kappa shape index (κ1) is 14.0. The van der Waals surface area contributed by atoms with Crippen molar-refractivity contribution in [1.29, 1.82) is 0 Å². The van der Waals surface area contributed by atoms with Gasteiger partial charge in [-0.1, -0.05) is 12.1 Å². The Morgan fingerprint density at radius 2 is 2.14 bits per heavy atom. The summed E-state index contributed by atoms with van der Waals surface area (Å²) in [6, 6.07) is 6.11. The molecule has 0 bridgehead atoms. The maximum atomic E-state index is 11.5. The van der Waals surface area contributed by atoms with Crippen molar-refractivity contribution >= 4 is 5.97 Å². The van der Waals surface area contributed by atoms with Gasteiger partial charge in [-0.3, -0.25) is 0 Å². The van der Waals surface area contributed by atoms with Crippen molar-refractivity contribution in [2.45, 2.75) is 32.1 Å². The van der Waals surface area contributed by atoms with E-state index < -0.39 is 5.97 Å². The van der Waals surface area contributed by atoms with Gasteiger partial charge in [0.15, 0.2) is 0 Å². The summed E-state index contributed by atoms with van der Waals surface area (Å²) < 4.78 is 10.1. The molecule has 21 heavy (non-hydrogen) atoms. The highest BCUT2D eigenvalue weighted by Crippen LogP contribution is 2.59. The fraction of sp³-hybridized carbons (Fsp3) is 0.471. The van der Waals surface area contributed by atoms with E-state index in [2.05, 4.69) is 10.8 Å². The Labute approximate surface area is 124 Å². The minimum atomic E-state index is -0.690. The normalized spacial score (nSPS) is 24.6. The van der Waals surface area contributed by atoms with Crippen LogP contribution < -0.4 is 4.74 Å². The lowest BCUT2D eigenvalue weighted by Crippen LogP contribution is -2.11. The number of benzene rings is 1. The lowest BCUT2D eigenvalue weighted by Gasteiger charge is -2.11. The highest BCUT2D eigenvalue weighted by Gasteiger charge is 2.48. The molecule has 0 saturated heterocycles. The predicted molar refractivity (Wildman–Crippen MR) is 78.1 cm³/mol. The molecule has 0 aromatic heterocycles. The van der Waals surface area contributed by atoms with E-state index in [0.29, 0.717) is 17.9 Å². The third-order valence-corrected chi connectivity index (χ3v) is 4.43. The molecule has 4 heteroatoms. The molecule has 2 fully saturated rings. The average Bonchev–Trinajstić information content (AvgIpc) is 3.37. The molecule has 0 spiro atoms. The van der Waals surface area contributed by atoms with Gasteiger partial charge in [-0.25, -0.2) is 4.79 Å². The van der Waals surface area contributed by atoms with Crippen LogP contribution in [-0.2, 0) is 9.53 Å². The van der Waals surface area contributed by atoms with E-state index in [9.17, 15) is 4.79 Å².